The maximum absolute atomic E-state index is 11.9. The van der Waals surface area contributed by atoms with Crippen LogP contribution in [0.15, 0.2) is 20.7 Å². The van der Waals surface area contributed by atoms with E-state index in [1.165, 1.54) is 11.3 Å². The zero-order chi connectivity index (χ0) is 14.8. The third-order valence-electron chi connectivity index (χ3n) is 3.00. The first-order valence-electron chi connectivity index (χ1n) is 6.62. The number of aromatic amines is 1. The van der Waals surface area contributed by atoms with Gasteiger partial charge in [0.1, 0.15) is 10.5 Å². The molecule has 7 nitrogen and oxygen atoms in total. The van der Waals surface area contributed by atoms with Gasteiger partial charge in [-0.25, -0.2) is 4.98 Å². The quantitative estimate of drug-likeness (QED) is 0.769. The van der Waals surface area contributed by atoms with Crippen LogP contribution in [0.3, 0.4) is 0 Å². The van der Waals surface area contributed by atoms with Crippen LogP contribution in [0, 0.1) is 0 Å². The lowest BCUT2D eigenvalue weighted by Crippen LogP contribution is -2.21. The molecule has 3 aromatic heterocycles. The fourth-order valence-electron chi connectivity index (χ4n) is 2.03. The number of fused-ring (bicyclic) bond motifs is 1. The number of aryl methyl sites for hydroxylation is 1. The molecule has 0 radical (unpaired) electrons. The highest BCUT2D eigenvalue weighted by atomic mass is 32.1. The van der Waals surface area contributed by atoms with E-state index in [2.05, 4.69) is 20.2 Å². The highest BCUT2D eigenvalue weighted by molar-refractivity contribution is 7.17. The second kappa shape index (κ2) is 5.74. The lowest BCUT2D eigenvalue weighted by Gasteiger charge is -2.13. The van der Waals surface area contributed by atoms with Crippen molar-refractivity contribution in [3.8, 4) is 0 Å². The number of nitrogens with one attached hydrogen (secondary N) is 1. The zero-order valence-electron chi connectivity index (χ0n) is 11.8. The molecule has 0 fully saturated rings. The van der Waals surface area contributed by atoms with Gasteiger partial charge in [-0.3, -0.25) is 9.69 Å². The molecule has 0 bridgehead atoms. The molecule has 0 aliphatic carbocycles. The molecule has 0 atom stereocenters. The van der Waals surface area contributed by atoms with Crippen LogP contribution in [-0.4, -0.2) is 32.1 Å². The van der Waals surface area contributed by atoms with Gasteiger partial charge in [0, 0.05) is 6.42 Å². The Morgan fingerprint density at radius 2 is 2.14 bits per heavy atom. The molecule has 21 heavy (non-hydrogen) atoms. The van der Waals surface area contributed by atoms with Crippen LogP contribution in [0.25, 0.3) is 10.2 Å². The monoisotopic (exact) mass is 305 g/mol. The summed E-state index contributed by atoms with van der Waals surface area (Å²) in [5.74, 6) is 1.82. The Morgan fingerprint density at radius 1 is 1.33 bits per heavy atom. The first kappa shape index (κ1) is 13.9. The fraction of sp³-hybridized carbons (Fsp3) is 0.385. The molecular formula is C13H15N5O2S. The average molecular weight is 305 g/mol. The maximum atomic E-state index is 11.9. The van der Waals surface area contributed by atoms with Crippen molar-refractivity contribution in [2.24, 2.45) is 0 Å². The number of H-pyrrole nitrogens is 1. The highest BCUT2D eigenvalue weighted by Crippen LogP contribution is 2.14. The second-order valence-electron chi connectivity index (χ2n) is 4.76. The Hall–Kier alpha value is -2.06. The van der Waals surface area contributed by atoms with Crippen LogP contribution in [0.1, 0.15) is 24.5 Å². The topological polar surface area (TPSA) is 87.9 Å². The van der Waals surface area contributed by atoms with Gasteiger partial charge >= 0.3 is 0 Å². The van der Waals surface area contributed by atoms with E-state index in [-0.39, 0.29) is 5.56 Å². The zero-order valence-corrected chi connectivity index (χ0v) is 12.6. The van der Waals surface area contributed by atoms with Crippen molar-refractivity contribution < 1.29 is 4.42 Å². The van der Waals surface area contributed by atoms with Crippen molar-refractivity contribution in [3.05, 3.63) is 39.4 Å². The summed E-state index contributed by atoms with van der Waals surface area (Å²) in [5, 5.41) is 9.77. The van der Waals surface area contributed by atoms with E-state index < -0.39 is 0 Å². The lowest BCUT2D eigenvalue weighted by atomic mass is 10.4. The molecule has 3 heterocycles. The minimum atomic E-state index is -0.0931. The van der Waals surface area contributed by atoms with Gasteiger partial charge in [-0.05, 0) is 18.5 Å². The van der Waals surface area contributed by atoms with Crippen LogP contribution in [0.5, 0.6) is 0 Å². The second-order valence-corrected chi connectivity index (χ2v) is 5.68. The molecule has 1 N–H and O–H groups in total. The predicted octanol–water partition coefficient (Wildman–Crippen LogP) is 1.56. The van der Waals surface area contributed by atoms with Crippen LogP contribution in [0.4, 0.5) is 0 Å². The number of thiophene rings is 1. The number of hydrogen-bond acceptors (Lipinski definition) is 7. The van der Waals surface area contributed by atoms with Gasteiger partial charge < -0.3 is 9.40 Å². The molecule has 0 aromatic carbocycles. The molecule has 0 aliphatic rings. The molecule has 3 rings (SSSR count). The fourth-order valence-corrected chi connectivity index (χ4v) is 2.76. The summed E-state index contributed by atoms with van der Waals surface area (Å²) >= 11 is 1.40. The average Bonchev–Trinajstić information content (AvgIpc) is 3.07. The molecule has 0 unspecified atom stereocenters. The molecule has 0 saturated carbocycles. The van der Waals surface area contributed by atoms with Gasteiger partial charge in [0.2, 0.25) is 11.8 Å². The van der Waals surface area contributed by atoms with Crippen molar-refractivity contribution in [1.29, 1.82) is 0 Å². The van der Waals surface area contributed by atoms with Gasteiger partial charge in [0.15, 0.2) is 0 Å². The lowest BCUT2D eigenvalue weighted by molar-refractivity contribution is 0.272. The predicted molar refractivity (Wildman–Crippen MR) is 79.1 cm³/mol. The minimum absolute atomic E-state index is 0.0931. The van der Waals surface area contributed by atoms with Gasteiger partial charge in [-0.15, -0.1) is 21.5 Å². The molecule has 8 heteroatoms. The molecule has 110 valence electrons. The van der Waals surface area contributed by atoms with E-state index in [4.69, 9.17) is 4.42 Å². The molecule has 3 aromatic rings. The summed E-state index contributed by atoms with van der Waals surface area (Å²) in [4.78, 5) is 21.1. The van der Waals surface area contributed by atoms with Crippen molar-refractivity contribution in [2.45, 2.75) is 26.4 Å². The van der Waals surface area contributed by atoms with Crippen LogP contribution in [-0.2, 0) is 19.5 Å². The van der Waals surface area contributed by atoms with Crippen molar-refractivity contribution >= 4 is 21.6 Å². The Morgan fingerprint density at radius 3 is 2.90 bits per heavy atom. The summed E-state index contributed by atoms with van der Waals surface area (Å²) in [6, 6.07) is 1.85. The molecule has 0 saturated heterocycles. The largest absolute Gasteiger partial charge is 0.424 e. The minimum Gasteiger partial charge on any atom is -0.424 e. The van der Waals surface area contributed by atoms with Crippen molar-refractivity contribution in [2.75, 3.05) is 7.05 Å². The first-order chi connectivity index (χ1) is 10.2. The maximum Gasteiger partial charge on any atom is 0.268 e. The van der Waals surface area contributed by atoms with Gasteiger partial charge in [0.05, 0.1) is 18.6 Å². The Bertz CT molecular complexity index is 806. The first-order valence-corrected chi connectivity index (χ1v) is 7.50. The molecule has 0 spiro atoms. The SMILES string of the molecule is CCc1nnc(CN(C)Cc2nc3ccsc3c(=O)[nH]2)o1. The van der Waals surface area contributed by atoms with Crippen molar-refractivity contribution in [3.63, 3.8) is 0 Å². The van der Waals surface area contributed by atoms with Crippen LogP contribution >= 0.6 is 11.3 Å². The Kier molecular flexibility index (Phi) is 3.80. The Labute approximate surface area is 124 Å². The normalized spacial score (nSPS) is 11.6. The summed E-state index contributed by atoms with van der Waals surface area (Å²) in [6.45, 7) is 2.98. The van der Waals surface area contributed by atoms with Gasteiger partial charge in [0.25, 0.3) is 5.56 Å². The van der Waals surface area contributed by atoms with Gasteiger partial charge in [-0.2, -0.15) is 0 Å². The third kappa shape index (κ3) is 3.01. The van der Waals surface area contributed by atoms with Gasteiger partial charge in [-0.1, -0.05) is 6.92 Å². The number of rotatable bonds is 5. The van der Waals surface area contributed by atoms with Crippen LogP contribution in [0.2, 0.25) is 0 Å². The standard InChI is InChI=1S/C13H15N5O2S/c1-3-10-16-17-11(20-10)7-18(2)6-9-14-8-4-5-21-12(8)13(19)15-9/h4-5H,3,6-7H2,1-2H3,(H,14,15,19). The van der Waals surface area contributed by atoms with E-state index in [0.717, 1.165) is 11.9 Å². The molecular weight excluding hydrogens is 290 g/mol. The number of aromatic nitrogens is 4. The summed E-state index contributed by atoms with van der Waals surface area (Å²) in [6.07, 6.45) is 0.723. The highest BCUT2D eigenvalue weighted by Gasteiger charge is 2.11. The van der Waals surface area contributed by atoms with E-state index in [1.54, 1.807) is 0 Å². The third-order valence-corrected chi connectivity index (χ3v) is 3.90. The summed E-state index contributed by atoms with van der Waals surface area (Å²) in [5.41, 5.74) is 0.641. The summed E-state index contributed by atoms with van der Waals surface area (Å²) < 4.78 is 6.13. The number of nitrogens with zero attached hydrogens (tertiary/aromatic N) is 4. The molecule has 0 aliphatic heterocycles. The van der Waals surface area contributed by atoms with Crippen molar-refractivity contribution in [1.82, 2.24) is 25.1 Å². The van der Waals surface area contributed by atoms with E-state index in [9.17, 15) is 4.79 Å². The Balaban J connectivity index is 1.73. The smallest absolute Gasteiger partial charge is 0.268 e. The summed E-state index contributed by atoms with van der Waals surface area (Å²) in [7, 11) is 1.91. The van der Waals surface area contributed by atoms with E-state index in [1.807, 2.05) is 30.3 Å². The number of hydrogen-bond donors (Lipinski definition) is 1. The molecule has 0 amide bonds. The van der Waals surface area contributed by atoms with E-state index >= 15 is 0 Å². The van der Waals surface area contributed by atoms with E-state index in [0.29, 0.717) is 35.4 Å². The van der Waals surface area contributed by atoms with Crippen LogP contribution < -0.4 is 5.56 Å².